The Kier molecular flexibility index (Phi) is 5.98. The van der Waals surface area contributed by atoms with Crippen LogP contribution in [0.1, 0.15) is 12.5 Å². The lowest BCUT2D eigenvalue weighted by molar-refractivity contribution is 0.0164. The second-order valence-corrected chi connectivity index (χ2v) is 4.29. The molecule has 5 heteroatoms. The number of aliphatic hydroxyl groups excluding tert-OH is 1. The number of halogens is 1. The molecular formula is C12H14BrNO3. The summed E-state index contributed by atoms with van der Waals surface area (Å²) in [4.78, 5) is 0. The molecule has 4 nitrogen and oxygen atoms in total. The van der Waals surface area contributed by atoms with E-state index in [1.54, 1.807) is 18.2 Å². The van der Waals surface area contributed by atoms with Gasteiger partial charge in [-0.05, 0) is 25.1 Å². The van der Waals surface area contributed by atoms with Gasteiger partial charge in [0.2, 0.25) is 0 Å². The van der Waals surface area contributed by atoms with Crippen LogP contribution in [0.5, 0.6) is 5.75 Å². The topological polar surface area (TPSA) is 62.5 Å². The van der Waals surface area contributed by atoms with Crippen molar-refractivity contribution in [2.24, 2.45) is 0 Å². The van der Waals surface area contributed by atoms with Crippen LogP contribution in [0.3, 0.4) is 0 Å². The lowest BCUT2D eigenvalue weighted by atomic mass is 10.2. The Morgan fingerprint density at radius 2 is 2.24 bits per heavy atom. The molecular weight excluding hydrogens is 286 g/mol. The van der Waals surface area contributed by atoms with Gasteiger partial charge in [0, 0.05) is 11.1 Å². The van der Waals surface area contributed by atoms with Crippen LogP contribution in [0.2, 0.25) is 0 Å². The van der Waals surface area contributed by atoms with E-state index in [9.17, 15) is 5.11 Å². The fraction of sp³-hybridized carbons (Fsp3) is 0.417. The number of nitrogens with zero attached hydrogens (tertiary/aromatic N) is 1. The minimum Gasteiger partial charge on any atom is -0.489 e. The zero-order valence-corrected chi connectivity index (χ0v) is 11.1. The number of ether oxygens (including phenoxy) is 2. The Hall–Kier alpha value is -1.09. The molecule has 0 spiro atoms. The minimum atomic E-state index is -0.690. The van der Waals surface area contributed by atoms with Crippen LogP contribution in [0, 0.1) is 11.3 Å². The highest BCUT2D eigenvalue weighted by molar-refractivity contribution is 9.10. The summed E-state index contributed by atoms with van der Waals surface area (Å²) < 4.78 is 11.2. The highest BCUT2D eigenvalue weighted by Gasteiger charge is 2.08. The predicted molar refractivity (Wildman–Crippen MR) is 66.9 cm³/mol. The molecule has 1 atom stereocenters. The average molecular weight is 300 g/mol. The number of hydrogen-bond acceptors (Lipinski definition) is 4. The first kappa shape index (κ1) is 14.0. The van der Waals surface area contributed by atoms with Crippen LogP contribution in [0.25, 0.3) is 0 Å². The van der Waals surface area contributed by atoms with Gasteiger partial charge in [0.15, 0.2) is 0 Å². The fourth-order valence-corrected chi connectivity index (χ4v) is 1.56. The summed E-state index contributed by atoms with van der Waals surface area (Å²) in [6.45, 7) is 2.75. The van der Waals surface area contributed by atoms with Gasteiger partial charge in [-0.3, -0.25) is 0 Å². The Balaban J connectivity index is 2.54. The summed E-state index contributed by atoms with van der Waals surface area (Å²) in [5, 5.41) is 18.4. The minimum absolute atomic E-state index is 0.107. The Bertz CT molecular complexity index is 403. The molecule has 1 aromatic carbocycles. The molecule has 0 aliphatic rings. The maximum atomic E-state index is 9.52. The largest absolute Gasteiger partial charge is 0.489 e. The summed E-state index contributed by atoms with van der Waals surface area (Å²) >= 11 is 3.28. The van der Waals surface area contributed by atoms with Crippen LogP contribution >= 0.6 is 15.9 Å². The fourth-order valence-electron chi connectivity index (χ4n) is 1.20. The Morgan fingerprint density at radius 1 is 1.47 bits per heavy atom. The van der Waals surface area contributed by atoms with E-state index in [1.807, 2.05) is 13.0 Å². The van der Waals surface area contributed by atoms with E-state index < -0.39 is 6.10 Å². The molecule has 0 heterocycles. The van der Waals surface area contributed by atoms with Crippen molar-refractivity contribution in [3.63, 3.8) is 0 Å². The maximum Gasteiger partial charge on any atom is 0.137 e. The molecule has 0 aromatic heterocycles. The second kappa shape index (κ2) is 7.28. The molecule has 0 aliphatic heterocycles. The normalized spacial score (nSPS) is 11.9. The van der Waals surface area contributed by atoms with Crippen molar-refractivity contribution in [1.82, 2.24) is 0 Å². The van der Waals surface area contributed by atoms with Crippen molar-refractivity contribution in [1.29, 1.82) is 5.26 Å². The Morgan fingerprint density at radius 3 is 2.88 bits per heavy atom. The summed E-state index contributed by atoms with van der Waals surface area (Å²) in [6.07, 6.45) is -0.690. The van der Waals surface area contributed by atoms with E-state index in [1.165, 1.54) is 0 Å². The SMILES string of the molecule is CCOC[C@@H](O)COc1ccc(Br)cc1C#N. The van der Waals surface area contributed by atoms with Crippen molar-refractivity contribution < 1.29 is 14.6 Å². The van der Waals surface area contributed by atoms with Gasteiger partial charge in [0.25, 0.3) is 0 Å². The van der Waals surface area contributed by atoms with E-state index >= 15 is 0 Å². The first-order valence-corrected chi connectivity index (χ1v) is 6.05. The quantitative estimate of drug-likeness (QED) is 0.874. The van der Waals surface area contributed by atoms with Gasteiger partial charge in [-0.2, -0.15) is 5.26 Å². The Labute approximate surface area is 109 Å². The van der Waals surface area contributed by atoms with Gasteiger partial charge in [-0.25, -0.2) is 0 Å². The van der Waals surface area contributed by atoms with Gasteiger partial charge in [0.05, 0.1) is 12.2 Å². The third kappa shape index (κ3) is 4.73. The van der Waals surface area contributed by atoms with Crippen LogP contribution < -0.4 is 4.74 Å². The molecule has 0 amide bonds. The lowest BCUT2D eigenvalue weighted by Gasteiger charge is -2.13. The van der Waals surface area contributed by atoms with Crippen LogP contribution in [-0.2, 0) is 4.74 Å². The number of hydrogen-bond donors (Lipinski definition) is 1. The first-order valence-electron chi connectivity index (χ1n) is 5.25. The van der Waals surface area contributed by atoms with Crippen molar-refractivity contribution in [3.05, 3.63) is 28.2 Å². The average Bonchev–Trinajstić information content (AvgIpc) is 2.34. The van der Waals surface area contributed by atoms with Crippen molar-refractivity contribution >= 4 is 15.9 Å². The maximum absolute atomic E-state index is 9.52. The highest BCUT2D eigenvalue weighted by atomic mass is 79.9. The summed E-state index contributed by atoms with van der Waals surface area (Å²) in [6, 6.07) is 7.18. The summed E-state index contributed by atoms with van der Waals surface area (Å²) in [5.41, 5.74) is 0.433. The van der Waals surface area contributed by atoms with Crippen LogP contribution in [0.4, 0.5) is 0 Å². The molecule has 0 fully saturated rings. The number of rotatable bonds is 6. The lowest BCUT2D eigenvalue weighted by Crippen LogP contribution is -2.23. The molecule has 0 saturated heterocycles. The monoisotopic (exact) mass is 299 g/mol. The smallest absolute Gasteiger partial charge is 0.137 e. The number of benzene rings is 1. The second-order valence-electron chi connectivity index (χ2n) is 3.38. The van der Waals surface area contributed by atoms with E-state index in [4.69, 9.17) is 14.7 Å². The van der Waals surface area contributed by atoms with Crippen molar-refractivity contribution in [2.75, 3.05) is 19.8 Å². The highest BCUT2D eigenvalue weighted by Crippen LogP contribution is 2.22. The van der Waals surface area contributed by atoms with Crippen LogP contribution in [-0.4, -0.2) is 31.0 Å². The molecule has 17 heavy (non-hydrogen) atoms. The van der Waals surface area contributed by atoms with Gasteiger partial charge in [-0.1, -0.05) is 15.9 Å². The van der Waals surface area contributed by atoms with Gasteiger partial charge in [-0.15, -0.1) is 0 Å². The van der Waals surface area contributed by atoms with Crippen molar-refractivity contribution in [2.45, 2.75) is 13.0 Å². The molecule has 0 saturated carbocycles. The first-order chi connectivity index (χ1) is 8.17. The molecule has 1 aromatic rings. The molecule has 92 valence electrons. The zero-order chi connectivity index (χ0) is 12.7. The third-order valence-corrected chi connectivity index (χ3v) is 2.50. The van der Waals surface area contributed by atoms with Gasteiger partial charge < -0.3 is 14.6 Å². The van der Waals surface area contributed by atoms with E-state index in [2.05, 4.69) is 15.9 Å². The van der Waals surface area contributed by atoms with E-state index in [0.717, 1.165) is 4.47 Å². The zero-order valence-electron chi connectivity index (χ0n) is 9.52. The van der Waals surface area contributed by atoms with Gasteiger partial charge in [0.1, 0.15) is 24.5 Å². The molecule has 0 unspecified atom stereocenters. The molecule has 1 N–H and O–H groups in total. The number of aliphatic hydroxyl groups is 1. The summed E-state index contributed by atoms with van der Waals surface area (Å²) in [5.74, 6) is 0.464. The van der Waals surface area contributed by atoms with E-state index in [0.29, 0.717) is 17.9 Å². The van der Waals surface area contributed by atoms with Gasteiger partial charge >= 0.3 is 0 Å². The van der Waals surface area contributed by atoms with Crippen LogP contribution in [0.15, 0.2) is 22.7 Å². The molecule has 0 aliphatic carbocycles. The van der Waals surface area contributed by atoms with Crippen molar-refractivity contribution in [3.8, 4) is 11.8 Å². The summed E-state index contributed by atoms with van der Waals surface area (Å²) in [7, 11) is 0. The number of nitriles is 1. The predicted octanol–water partition coefficient (Wildman–Crippen LogP) is 2.10. The molecule has 0 radical (unpaired) electrons. The molecule has 1 rings (SSSR count). The third-order valence-electron chi connectivity index (χ3n) is 2.01. The molecule has 0 bridgehead atoms. The standard InChI is InChI=1S/C12H14BrNO3/c1-2-16-7-11(15)8-17-12-4-3-10(13)5-9(12)6-14/h3-5,11,15H,2,7-8H2,1H3/t11-/m1/s1. The van der Waals surface area contributed by atoms with E-state index in [-0.39, 0.29) is 13.2 Å².